The number of carboxylic acid groups (broad SMARTS) is 1. The third-order valence-electron chi connectivity index (χ3n) is 4.78. The highest BCUT2D eigenvalue weighted by Crippen LogP contribution is 2.28. The fourth-order valence-corrected chi connectivity index (χ4v) is 3.64. The van der Waals surface area contributed by atoms with Gasteiger partial charge in [0, 0.05) is 23.0 Å². The largest absolute Gasteiger partial charge is 0.481 e. The summed E-state index contributed by atoms with van der Waals surface area (Å²) >= 11 is 6.15. The summed E-state index contributed by atoms with van der Waals surface area (Å²) in [5.74, 6) is -1.34. The first-order chi connectivity index (χ1) is 12.5. The maximum atomic E-state index is 14.2. The summed E-state index contributed by atoms with van der Waals surface area (Å²) in [6.45, 7) is 0.498. The van der Waals surface area contributed by atoms with E-state index in [0.717, 1.165) is 11.4 Å². The second-order valence-electron chi connectivity index (χ2n) is 6.57. The van der Waals surface area contributed by atoms with E-state index >= 15 is 0 Å². The highest BCUT2D eigenvalue weighted by Gasteiger charge is 2.30. The number of nitrogens with zero attached hydrogens (tertiary/aromatic N) is 3. The van der Waals surface area contributed by atoms with Crippen molar-refractivity contribution in [2.75, 3.05) is 11.9 Å². The van der Waals surface area contributed by atoms with Crippen LogP contribution in [0.2, 0.25) is 0 Å². The van der Waals surface area contributed by atoms with Crippen LogP contribution in [0.1, 0.15) is 19.3 Å². The molecule has 136 valence electrons. The topological polar surface area (TPSA) is 103 Å². The third-order valence-corrected chi connectivity index (χ3v) is 5.04. The molecule has 0 spiro atoms. The minimum atomic E-state index is -0.813. The Morgan fingerprint density at radius 2 is 2.27 bits per heavy atom. The van der Waals surface area contributed by atoms with Crippen molar-refractivity contribution in [3.05, 3.63) is 28.9 Å². The molecule has 7 nitrogen and oxygen atoms in total. The van der Waals surface area contributed by atoms with E-state index in [-0.39, 0.29) is 17.2 Å². The molecule has 0 bridgehead atoms. The lowest BCUT2D eigenvalue weighted by Gasteiger charge is -2.14. The second-order valence-corrected chi connectivity index (χ2v) is 7.13. The predicted octanol–water partition coefficient (Wildman–Crippen LogP) is 1.30. The van der Waals surface area contributed by atoms with Crippen LogP contribution < -0.4 is 16.0 Å². The van der Waals surface area contributed by atoms with Crippen molar-refractivity contribution in [1.29, 1.82) is 0 Å². The fraction of sp³-hybridized carbons (Fsp3) is 0.412. The Kier molecular flexibility index (Phi) is 4.36. The number of aromatic nitrogens is 3. The average Bonchev–Trinajstić information content (AvgIpc) is 3.23. The summed E-state index contributed by atoms with van der Waals surface area (Å²) in [7, 11) is 0. The molecule has 3 heterocycles. The van der Waals surface area contributed by atoms with Gasteiger partial charge < -0.3 is 15.4 Å². The fourth-order valence-electron chi connectivity index (χ4n) is 3.45. The Morgan fingerprint density at radius 3 is 3.04 bits per heavy atom. The number of anilines is 1. The lowest BCUT2D eigenvalue weighted by Crippen LogP contribution is -2.31. The summed E-state index contributed by atoms with van der Waals surface area (Å²) in [5.41, 5.74) is 1.41. The Bertz CT molecular complexity index is 976. The van der Waals surface area contributed by atoms with Crippen LogP contribution in [0.15, 0.2) is 17.4 Å². The van der Waals surface area contributed by atoms with Gasteiger partial charge in [0.15, 0.2) is 17.5 Å². The number of halogens is 2. The van der Waals surface area contributed by atoms with Gasteiger partial charge in [-0.3, -0.25) is 9.79 Å². The van der Waals surface area contributed by atoms with Gasteiger partial charge in [-0.05, 0) is 19.3 Å². The minimum absolute atomic E-state index is 0.0798. The zero-order valence-corrected chi connectivity index (χ0v) is 14.5. The first-order valence-electron chi connectivity index (χ1n) is 8.41. The number of aliphatic carboxylic acids is 1. The molecule has 0 aromatic carbocycles. The third kappa shape index (κ3) is 3.16. The first-order valence-corrected chi connectivity index (χ1v) is 8.85. The minimum Gasteiger partial charge on any atom is -0.481 e. The normalized spacial score (nSPS) is 24.5. The molecule has 4 rings (SSSR count). The van der Waals surface area contributed by atoms with Gasteiger partial charge in [-0.2, -0.15) is 0 Å². The zero-order valence-electron chi connectivity index (χ0n) is 13.7. The number of carboxylic acids is 1. The second kappa shape index (κ2) is 6.68. The van der Waals surface area contributed by atoms with Crippen LogP contribution in [0, 0.1) is 11.7 Å². The number of aromatic amines is 1. The molecule has 1 saturated carbocycles. The van der Waals surface area contributed by atoms with E-state index in [1.54, 1.807) is 6.20 Å². The van der Waals surface area contributed by atoms with Gasteiger partial charge in [0.1, 0.15) is 5.49 Å². The predicted molar refractivity (Wildman–Crippen MR) is 93.9 cm³/mol. The number of H-pyrrole nitrogens is 1. The van der Waals surface area contributed by atoms with Crippen molar-refractivity contribution in [2.24, 2.45) is 10.9 Å². The summed E-state index contributed by atoms with van der Waals surface area (Å²) in [6, 6.07) is -0.123. The van der Waals surface area contributed by atoms with Gasteiger partial charge >= 0.3 is 5.97 Å². The van der Waals surface area contributed by atoms with Crippen LogP contribution in [0.5, 0.6) is 0 Å². The van der Waals surface area contributed by atoms with Gasteiger partial charge in [-0.1, -0.05) is 6.08 Å². The van der Waals surface area contributed by atoms with Gasteiger partial charge in [0.2, 0.25) is 0 Å². The van der Waals surface area contributed by atoms with E-state index in [2.05, 4.69) is 25.3 Å². The molecule has 2 aliphatic rings. The number of carbonyl (C=O) groups is 1. The summed E-state index contributed by atoms with van der Waals surface area (Å²) in [4.78, 5) is 26.9. The molecule has 26 heavy (non-hydrogen) atoms. The van der Waals surface area contributed by atoms with Crippen LogP contribution in [-0.4, -0.2) is 44.0 Å². The molecule has 2 aromatic heterocycles. The molecule has 1 aliphatic heterocycles. The van der Waals surface area contributed by atoms with Gasteiger partial charge in [-0.15, -0.1) is 11.6 Å². The maximum Gasteiger partial charge on any atom is 0.306 e. The molecular formula is C17H17ClFN5O2. The Hall–Kier alpha value is -2.48. The quantitative estimate of drug-likeness (QED) is 0.697. The highest BCUT2D eigenvalue weighted by molar-refractivity contribution is 6.24. The summed E-state index contributed by atoms with van der Waals surface area (Å²) < 4.78 is 14.2. The Morgan fingerprint density at radius 1 is 1.42 bits per heavy atom. The molecular weight excluding hydrogens is 361 g/mol. The summed E-state index contributed by atoms with van der Waals surface area (Å²) in [5, 5.41) is 12.7. The van der Waals surface area contributed by atoms with E-state index in [1.165, 1.54) is 0 Å². The average molecular weight is 378 g/mol. The monoisotopic (exact) mass is 377 g/mol. The van der Waals surface area contributed by atoms with Gasteiger partial charge in [-0.25, -0.2) is 14.4 Å². The van der Waals surface area contributed by atoms with Crippen molar-refractivity contribution in [2.45, 2.75) is 30.7 Å². The number of hydrogen-bond acceptors (Lipinski definition) is 5. The zero-order chi connectivity index (χ0) is 18.3. The number of alkyl halides is 1. The lowest BCUT2D eigenvalue weighted by molar-refractivity contribution is -0.141. The smallest absolute Gasteiger partial charge is 0.306 e. The molecule has 0 saturated heterocycles. The lowest BCUT2D eigenvalue weighted by atomic mass is 10.1. The van der Waals surface area contributed by atoms with Crippen molar-refractivity contribution in [3.63, 3.8) is 0 Å². The van der Waals surface area contributed by atoms with Crippen molar-refractivity contribution < 1.29 is 14.3 Å². The van der Waals surface area contributed by atoms with Crippen molar-refractivity contribution in [1.82, 2.24) is 15.0 Å². The molecule has 3 N–H and O–H groups in total. The van der Waals surface area contributed by atoms with Crippen LogP contribution in [0.4, 0.5) is 10.2 Å². The Labute approximate surface area is 153 Å². The SMILES string of the molecule is O=C(O)[C@H]1CC[C@@H](Nc2nc(-c3c[nH]c4c3=CC(Cl)CN=4)ncc2F)C1. The molecule has 9 heteroatoms. The number of nitrogens with one attached hydrogen (secondary N) is 2. The van der Waals surface area contributed by atoms with E-state index in [9.17, 15) is 9.18 Å². The molecule has 1 fully saturated rings. The first kappa shape index (κ1) is 17.0. The molecule has 1 aliphatic carbocycles. The van der Waals surface area contributed by atoms with Crippen LogP contribution in [0.25, 0.3) is 17.5 Å². The van der Waals surface area contributed by atoms with E-state index < -0.39 is 17.7 Å². The Balaban J connectivity index is 1.63. The summed E-state index contributed by atoms with van der Waals surface area (Å²) in [6.07, 6.45) is 6.41. The molecule has 2 aromatic rings. The number of rotatable bonds is 4. The van der Waals surface area contributed by atoms with Gasteiger partial charge in [0.25, 0.3) is 0 Å². The molecule has 1 unspecified atom stereocenters. The van der Waals surface area contributed by atoms with E-state index in [0.29, 0.717) is 42.7 Å². The van der Waals surface area contributed by atoms with Crippen LogP contribution in [-0.2, 0) is 4.79 Å². The van der Waals surface area contributed by atoms with Crippen LogP contribution in [0.3, 0.4) is 0 Å². The molecule has 0 radical (unpaired) electrons. The maximum absolute atomic E-state index is 14.2. The number of fused-ring (bicyclic) bond motifs is 1. The molecule has 3 atom stereocenters. The van der Waals surface area contributed by atoms with E-state index in [4.69, 9.17) is 16.7 Å². The van der Waals surface area contributed by atoms with Crippen LogP contribution >= 0.6 is 11.6 Å². The highest BCUT2D eigenvalue weighted by atomic mass is 35.5. The standard InChI is InChI=1S/C17H17ClFN5O2/c18-9-4-11-12(6-21-14(11)20-5-9)15-22-7-13(19)16(24-15)23-10-2-1-8(3-10)17(25)26/h4,6-10H,1-3,5H2,(H,20,21)(H,25,26)(H,22,23,24)/t8-,9?,10+/m0/s1. The van der Waals surface area contributed by atoms with Crippen molar-refractivity contribution >= 4 is 29.5 Å². The van der Waals surface area contributed by atoms with Crippen molar-refractivity contribution in [3.8, 4) is 11.4 Å². The van der Waals surface area contributed by atoms with E-state index in [1.807, 2.05) is 6.08 Å². The number of hydrogen-bond donors (Lipinski definition) is 3. The molecule has 0 amide bonds. The van der Waals surface area contributed by atoms with Gasteiger partial charge in [0.05, 0.1) is 24.0 Å².